The third-order valence-corrected chi connectivity index (χ3v) is 5.28. The Hall–Kier alpha value is -3.26. The molecule has 0 fully saturated rings. The maximum Gasteiger partial charge on any atom is 0.240 e. The Morgan fingerprint density at radius 3 is 2.69 bits per heavy atom. The Bertz CT molecular complexity index is 1080. The molecule has 0 bridgehead atoms. The summed E-state index contributed by atoms with van der Waals surface area (Å²) in [5, 5.41) is 6.41. The van der Waals surface area contributed by atoms with Gasteiger partial charge in [-0.25, -0.2) is 9.82 Å². The fraction of sp³-hybridized carbons (Fsp3) is 0.190. The topological polar surface area (TPSA) is 77.0 Å². The van der Waals surface area contributed by atoms with E-state index in [9.17, 15) is 14.0 Å². The van der Waals surface area contributed by atoms with Crippen molar-refractivity contribution in [3.63, 3.8) is 0 Å². The van der Waals surface area contributed by atoms with Crippen LogP contribution in [-0.2, 0) is 4.79 Å². The number of nitrogens with zero attached hydrogens (tertiary/aromatic N) is 1. The SMILES string of the molecule is COc1ccc(C(=O)CCC(=O)N/N=C/c2csc3c(F)cccc23)cc1OC. The number of ether oxygens (including phenoxy) is 2. The van der Waals surface area contributed by atoms with Crippen molar-refractivity contribution in [1.82, 2.24) is 5.43 Å². The van der Waals surface area contributed by atoms with Gasteiger partial charge in [-0.05, 0) is 24.3 Å². The van der Waals surface area contributed by atoms with Gasteiger partial charge in [0, 0.05) is 34.7 Å². The van der Waals surface area contributed by atoms with Crippen LogP contribution < -0.4 is 14.9 Å². The summed E-state index contributed by atoms with van der Waals surface area (Å²) in [7, 11) is 3.00. The van der Waals surface area contributed by atoms with Gasteiger partial charge >= 0.3 is 0 Å². The minimum Gasteiger partial charge on any atom is -0.493 e. The normalized spacial score (nSPS) is 11.0. The van der Waals surface area contributed by atoms with Crippen molar-refractivity contribution in [2.75, 3.05) is 14.2 Å². The molecule has 1 heterocycles. The van der Waals surface area contributed by atoms with Crippen molar-refractivity contribution in [2.45, 2.75) is 12.8 Å². The molecular weight excluding hydrogens is 395 g/mol. The Labute approximate surface area is 170 Å². The van der Waals surface area contributed by atoms with Crippen molar-refractivity contribution in [2.24, 2.45) is 5.10 Å². The number of nitrogens with one attached hydrogen (secondary N) is 1. The van der Waals surface area contributed by atoms with E-state index in [1.54, 1.807) is 35.7 Å². The van der Waals surface area contributed by atoms with Gasteiger partial charge in [0.25, 0.3) is 0 Å². The van der Waals surface area contributed by atoms with Crippen LogP contribution in [0, 0.1) is 5.82 Å². The van der Waals surface area contributed by atoms with E-state index >= 15 is 0 Å². The number of hydrogen-bond acceptors (Lipinski definition) is 6. The van der Waals surface area contributed by atoms with Crippen LogP contribution in [0.5, 0.6) is 11.5 Å². The number of thiophene rings is 1. The van der Waals surface area contributed by atoms with Crippen molar-refractivity contribution in [1.29, 1.82) is 0 Å². The summed E-state index contributed by atoms with van der Waals surface area (Å²) in [5.74, 6) is 0.110. The van der Waals surface area contributed by atoms with Crippen LogP contribution >= 0.6 is 11.3 Å². The largest absolute Gasteiger partial charge is 0.493 e. The lowest BCUT2D eigenvalue weighted by molar-refractivity contribution is -0.121. The molecule has 0 unspecified atom stereocenters. The van der Waals surface area contributed by atoms with Crippen LogP contribution in [0.1, 0.15) is 28.8 Å². The van der Waals surface area contributed by atoms with E-state index in [-0.39, 0.29) is 30.3 Å². The predicted octanol–water partition coefficient (Wildman–Crippen LogP) is 4.17. The lowest BCUT2D eigenvalue weighted by Crippen LogP contribution is -2.18. The zero-order valence-electron chi connectivity index (χ0n) is 15.9. The average molecular weight is 414 g/mol. The molecule has 0 atom stereocenters. The van der Waals surface area contributed by atoms with Gasteiger partial charge < -0.3 is 9.47 Å². The molecule has 150 valence electrons. The lowest BCUT2D eigenvalue weighted by atomic mass is 10.1. The molecule has 3 rings (SSSR count). The quantitative estimate of drug-likeness (QED) is 0.341. The van der Waals surface area contributed by atoms with Gasteiger partial charge in [-0.3, -0.25) is 9.59 Å². The second-order valence-corrected chi connectivity index (χ2v) is 6.97. The minimum absolute atomic E-state index is 0.0104. The summed E-state index contributed by atoms with van der Waals surface area (Å²) < 4.78 is 24.6. The van der Waals surface area contributed by atoms with Crippen molar-refractivity contribution in [3.05, 3.63) is 58.7 Å². The number of carbonyl (C=O) groups is 2. The molecule has 0 saturated carbocycles. The molecule has 1 aromatic heterocycles. The molecule has 3 aromatic rings. The van der Waals surface area contributed by atoms with Crippen LogP contribution in [0.3, 0.4) is 0 Å². The maximum absolute atomic E-state index is 13.7. The first-order chi connectivity index (χ1) is 14.0. The first-order valence-electron chi connectivity index (χ1n) is 8.76. The summed E-state index contributed by atoms with van der Waals surface area (Å²) in [5.41, 5.74) is 3.54. The summed E-state index contributed by atoms with van der Waals surface area (Å²) in [6, 6.07) is 9.67. The highest BCUT2D eigenvalue weighted by atomic mass is 32.1. The molecule has 1 N–H and O–H groups in total. The van der Waals surface area contributed by atoms with Crippen molar-refractivity contribution >= 4 is 39.3 Å². The predicted molar refractivity (Wildman–Crippen MR) is 111 cm³/mol. The minimum atomic E-state index is -0.388. The van der Waals surface area contributed by atoms with Gasteiger partial charge in [0.1, 0.15) is 5.82 Å². The van der Waals surface area contributed by atoms with Gasteiger partial charge in [-0.2, -0.15) is 5.10 Å². The van der Waals surface area contributed by atoms with E-state index in [0.717, 1.165) is 5.39 Å². The van der Waals surface area contributed by atoms with E-state index in [2.05, 4.69) is 10.5 Å². The number of benzene rings is 2. The van der Waals surface area contributed by atoms with Crippen LogP contribution in [0.2, 0.25) is 0 Å². The summed E-state index contributed by atoms with van der Waals surface area (Å²) in [6.07, 6.45) is 1.49. The number of methoxy groups -OCH3 is 2. The Morgan fingerprint density at radius 2 is 1.93 bits per heavy atom. The second kappa shape index (κ2) is 9.29. The maximum atomic E-state index is 13.7. The number of fused-ring (bicyclic) bond motifs is 1. The fourth-order valence-corrected chi connectivity index (χ4v) is 3.68. The summed E-state index contributed by atoms with van der Waals surface area (Å²) >= 11 is 1.27. The van der Waals surface area contributed by atoms with E-state index in [4.69, 9.17) is 9.47 Å². The van der Waals surface area contributed by atoms with Crippen molar-refractivity contribution < 1.29 is 23.5 Å². The van der Waals surface area contributed by atoms with E-state index in [1.165, 1.54) is 37.8 Å². The van der Waals surface area contributed by atoms with Crippen LogP contribution in [0.25, 0.3) is 10.1 Å². The standard InChI is InChI=1S/C21H19FN2O4S/c1-27-18-8-6-13(10-19(18)28-2)17(25)7-9-20(26)24-23-11-14-12-29-21-15(14)4-3-5-16(21)22/h3-6,8,10-12H,7,9H2,1-2H3,(H,24,26)/b23-11+. The van der Waals surface area contributed by atoms with Gasteiger partial charge in [0.15, 0.2) is 17.3 Å². The van der Waals surface area contributed by atoms with Gasteiger partial charge in [-0.15, -0.1) is 11.3 Å². The smallest absolute Gasteiger partial charge is 0.240 e. The van der Waals surface area contributed by atoms with Crippen molar-refractivity contribution in [3.8, 4) is 11.5 Å². The molecule has 1 amide bonds. The van der Waals surface area contributed by atoms with E-state index < -0.39 is 0 Å². The fourth-order valence-electron chi connectivity index (χ4n) is 2.75. The Kier molecular flexibility index (Phi) is 6.56. The molecule has 0 aliphatic rings. The number of carbonyl (C=O) groups excluding carboxylic acids is 2. The molecule has 0 radical (unpaired) electrons. The molecule has 2 aromatic carbocycles. The number of hydrazone groups is 1. The zero-order chi connectivity index (χ0) is 20.8. The van der Waals surface area contributed by atoms with E-state index in [0.29, 0.717) is 27.3 Å². The molecule has 0 aliphatic heterocycles. The Morgan fingerprint density at radius 1 is 1.14 bits per heavy atom. The number of halogens is 1. The number of amides is 1. The van der Waals surface area contributed by atoms with Gasteiger partial charge in [0.2, 0.25) is 5.91 Å². The molecule has 6 nitrogen and oxygen atoms in total. The second-order valence-electron chi connectivity index (χ2n) is 6.09. The summed E-state index contributed by atoms with van der Waals surface area (Å²) in [4.78, 5) is 24.3. The van der Waals surface area contributed by atoms with Crippen LogP contribution in [-0.4, -0.2) is 32.1 Å². The van der Waals surface area contributed by atoms with Crippen LogP contribution in [0.15, 0.2) is 46.9 Å². The third-order valence-electron chi connectivity index (χ3n) is 4.26. The first kappa shape index (κ1) is 20.5. The number of Topliss-reactive ketones (excluding diaryl/α,β-unsaturated/α-hetero) is 1. The third kappa shape index (κ3) is 4.78. The van der Waals surface area contributed by atoms with Crippen LogP contribution in [0.4, 0.5) is 4.39 Å². The molecule has 0 aliphatic carbocycles. The monoisotopic (exact) mass is 414 g/mol. The lowest BCUT2D eigenvalue weighted by Gasteiger charge is -2.08. The summed E-state index contributed by atoms with van der Waals surface area (Å²) in [6.45, 7) is 0. The average Bonchev–Trinajstić information content (AvgIpc) is 3.16. The molecule has 8 heteroatoms. The zero-order valence-corrected chi connectivity index (χ0v) is 16.7. The molecular formula is C21H19FN2O4S. The Balaban J connectivity index is 1.55. The number of rotatable bonds is 8. The highest BCUT2D eigenvalue weighted by Crippen LogP contribution is 2.28. The highest BCUT2D eigenvalue weighted by Gasteiger charge is 2.12. The highest BCUT2D eigenvalue weighted by molar-refractivity contribution is 7.17. The molecule has 0 saturated heterocycles. The molecule has 0 spiro atoms. The van der Waals surface area contributed by atoms with Gasteiger partial charge in [-0.1, -0.05) is 12.1 Å². The number of ketones is 1. The molecule has 29 heavy (non-hydrogen) atoms. The van der Waals surface area contributed by atoms with Gasteiger partial charge in [0.05, 0.1) is 25.1 Å². The number of hydrogen-bond donors (Lipinski definition) is 1. The van der Waals surface area contributed by atoms with E-state index in [1.807, 2.05) is 0 Å². The first-order valence-corrected chi connectivity index (χ1v) is 9.64.